The van der Waals surface area contributed by atoms with Gasteiger partial charge in [-0.05, 0) is 54.8 Å². The standard InChI is InChI=1S/C31H29ClF2N6O3/c1-17(20-5-4-6-23(32)9-20)26(34)14-37-31(43)28-11-24(33)15-39(28)29(42)16-40-27-8-7-21(22-12-35-19(3)36-13-22)10-25(27)30(38-40)18(2)41/h4-10,12-13,24,28H,11,14-16H2,1-3H3,(H,37,43)/t24-,28+/m1/s1. The number of halogens is 3. The molecular formula is C31H29ClF2N6O3. The van der Waals surface area contributed by atoms with E-state index < -0.39 is 36.4 Å². The normalized spacial score (nSPS) is 17.2. The zero-order valence-electron chi connectivity index (χ0n) is 23.8. The predicted octanol–water partition coefficient (Wildman–Crippen LogP) is 5.11. The topological polar surface area (TPSA) is 110 Å². The molecule has 0 saturated carbocycles. The Bertz CT molecular complexity index is 1750. The number of likely N-dealkylation sites (tertiary alicyclic amines) is 1. The van der Waals surface area contributed by atoms with Crippen molar-refractivity contribution < 1.29 is 23.2 Å². The first kappa shape index (κ1) is 30.0. The summed E-state index contributed by atoms with van der Waals surface area (Å²) in [6.07, 6.45) is 1.72. The van der Waals surface area contributed by atoms with Crippen molar-refractivity contribution in [2.45, 2.75) is 46.0 Å². The summed E-state index contributed by atoms with van der Waals surface area (Å²) in [5.41, 5.74) is 3.08. The summed E-state index contributed by atoms with van der Waals surface area (Å²) in [7, 11) is 0. The van der Waals surface area contributed by atoms with Gasteiger partial charge in [-0.3, -0.25) is 19.1 Å². The van der Waals surface area contributed by atoms with Crippen LogP contribution in [0.4, 0.5) is 8.78 Å². The number of aryl methyl sites for hydroxylation is 1. The molecule has 0 bridgehead atoms. The van der Waals surface area contributed by atoms with Gasteiger partial charge in [0.15, 0.2) is 5.78 Å². The number of hydrogen-bond acceptors (Lipinski definition) is 6. The average Bonchev–Trinajstić information content (AvgIpc) is 3.56. The molecule has 1 saturated heterocycles. The summed E-state index contributed by atoms with van der Waals surface area (Å²) in [4.78, 5) is 48.4. The first-order valence-electron chi connectivity index (χ1n) is 13.6. The number of nitrogens with zero attached hydrogens (tertiary/aromatic N) is 5. The molecule has 4 aromatic rings. The molecule has 0 spiro atoms. The van der Waals surface area contributed by atoms with Gasteiger partial charge in [0.25, 0.3) is 0 Å². The van der Waals surface area contributed by atoms with Crippen LogP contribution >= 0.6 is 11.6 Å². The minimum absolute atomic E-state index is 0.175. The number of Topliss-reactive ketones (excluding diaryl/α,β-unsaturated/α-hetero) is 1. The number of hydrogen-bond donors (Lipinski definition) is 1. The molecule has 3 heterocycles. The molecule has 43 heavy (non-hydrogen) atoms. The van der Waals surface area contributed by atoms with Gasteiger partial charge in [0.05, 0.1) is 18.6 Å². The van der Waals surface area contributed by atoms with Crippen LogP contribution in [-0.2, 0) is 16.1 Å². The van der Waals surface area contributed by atoms with Crippen molar-refractivity contribution in [2.24, 2.45) is 0 Å². The van der Waals surface area contributed by atoms with E-state index in [1.54, 1.807) is 68.7 Å². The lowest BCUT2D eigenvalue weighted by molar-refractivity contribution is -0.139. The first-order chi connectivity index (χ1) is 20.5. The van der Waals surface area contributed by atoms with Crippen LogP contribution in [-0.4, -0.2) is 67.5 Å². The number of allylic oxidation sites excluding steroid dienone is 1. The third-order valence-corrected chi connectivity index (χ3v) is 7.67. The zero-order chi connectivity index (χ0) is 30.8. The van der Waals surface area contributed by atoms with Crippen molar-refractivity contribution in [1.82, 2.24) is 30.0 Å². The molecule has 12 heteroatoms. The number of benzene rings is 2. The fourth-order valence-electron chi connectivity index (χ4n) is 5.10. The summed E-state index contributed by atoms with van der Waals surface area (Å²) in [5.74, 6) is -1.47. The number of rotatable bonds is 8. The van der Waals surface area contributed by atoms with Crippen LogP contribution in [0.3, 0.4) is 0 Å². The molecule has 5 rings (SSSR count). The smallest absolute Gasteiger partial charge is 0.245 e. The molecular weight excluding hydrogens is 578 g/mol. The van der Waals surface area contributed by atoms with Gasteiger partial charge in [-0.15, -0.1) is 0 Å². The van der Waals surface area contributed by atoms with Gasteiger partial charge in [0.1, 0.15) is 36.1 Å². The monoisotopic (exact) mass is 606 g/mol. The molecule has 1 N–H and O–H groups in total. The molecule has 1 aliphatic heterocycles. The van der Waals surface area contributed by atoms with Gasteiger partial charge in [-0.2, -0.15) is 5.10 Å². The van der Waals surface area contributed by atoms with E-state index in [2.05, 4.69) is 20.4 Å². The number of alkyl halides is 1. The number of fused-ring (bicyclic) bond motifs is 1. The van der Waals surface area contributed by atoms with Crippen molar-refractivity contribution in [1.29, 1.82) is 0 Å². The van der Waals surface area contributed by atoms with E-state index in [4.69, 9.17) is 11.6 Å². The Morgan fingerprint density at radius 3 is 2.51 bits per heavy atom. The van der Waals surface area contributed by atoms with Crippen LogP contribution in [0.5, 0.6) is 0 Å². The van der Waals surface area contributed by atoms with Gasteiger partial charge in [0, 0.05) is 41.7 Å². The molecule has 0 aliphatic carbocycles. The van der Waals surface area contributed by atoms with Crippen molar-refractivity contribution >= 4 is 45.7 Å². The Kier molecular flexibility index (Phi) is 8.63. The van der Waals surface area contributed by atoms with Gasteiger partial charge in [-0.25, -0.2) is 18.7 Å². The Morgan fingerprint density at radius 2 is 1.81 bits per heavy atom. The predicted molar refractivity (Wildman–Crippen MR) is 159 cm³/mol. The van der Waals surface area contributed by atoms with Crippen molar-refractivity contribution in [3.05, 3.63) is 82.8 Å². The third kappa shape index (κ3) is 6.46. The maximum absolute atomic E-state index is 14.9. The number of amides is 2. The van der Waals surface area contributed by atoms with E-state index in [1.807, 2.05) is 0 Å². The van der Waals surface area contributed by atoms with Crippen LogP contribution < -0.4 is 5.32 Å². The van der Waals surface area contributed by atoms with Gasteiger partial charge in [-0.1, -0.05) is 29.8 Å². The van der Waals surface area contributed by atoms with Crippen LogP contribution in [0.25, 0.3) is 27.6 Å². The van der Waals surface area contributed by atoms with E-state index in [9.17, 15) is 23.2 Å². The molecule has 0 radical (unpaired) electrons. The lowest BCUT2D eigenvalue weighted by Crippen LogP contribution is -2.47. The average molecular weight is 607 g/mol. The Morgan fingerprint density at radius 1 is 1.07 bits per heavy atom. The Balaban J connectivity index is 1.33. The molecule has 1 fully saturated rings. The molecule has 2 aromatic heterocycles. The van der Waals surface area contributed by atoms with E-state index in [1.165, 1.54) is 11.6 Å². The van der Waals surface area contributed by atoms with Crippen molar-refractivity contribution in [3.63, 3.8) is 0 Å². The highest BCUT2D eigenvalue weighted by atomic mass is 35.5. The highest BCUT2D eigenvalue weighted by molar-refractivity contribution is 6.30. The molecule has 1 aliphatic rings. The second-order valence-electron chi connectivity index (χ2n) is 10.5. The molecule has 0 unspecified atom stereocenters. The number of carbonyl (C=O) groups excluding carboxylic acids is 3. The van der Waals surface area contributed by atoms with Crippen LogP contribution in [0.15, 0.2) is 60.7 Å². The lowest BCUT2D eigenvalue weighted by Gasteiger charge is -2.23. The first-order valence-corrected chi connectivity index (χ1v) is 14.0. The van der Waals surface area contributed by atoms with Gasteiger partial charge in [0.2, 0.25) is 11.8 Å². The third-order valence-electron chi connectivity index (χ3n) is 7.44. The fraction of sp³-hybridized carbons (Fsp3) is 0.290. The number of ketones is 1. The maximum Gasteiger partial charge on any atom is 0.245 e. The van der Waals surface area contributed by atoms with Crippen LogP contribution in [0, 0.1) is 6.92 Å². The zero-order valence-corrected chi connectivity index (χ0v) is 24.5. The summed E-state index contributed by atoms with van der Waals surface area (Å²) in [5, 5.41) is 7.86. The van der Waals surface area contributed by atoms with Crippen LogP contribution in [0.1, 0.15) is 42.1 Å². The second-order valence-corrected chi connectivity index (χ2v) is 10.9. The van der Waals surface area contributed by atoms with Crippen LogP contribution in [0.2, 0.25) is 5.02 Å². The molecule has 2 atom stereocenters. The van der Waals surface area contributed by atoms with E-state index >= 15 is 0 Å². The number of aromatic nitrogens is 4. The summed E-state index contributed by atoms with van der Waals surface area (Å²) >= 11 is 6.00. The Labute approximate surface area is 251 Å². The summed E-state index contributed by atoms with van der Waals surface area (Å²) in [6, 6.07) is 10.9. The highest BCUT2D eigenvalue weighted by Gasteiger charge is 2.40. The van der Waals surface area contributed by atoms with Gasteiger partial charge >= 0.3 is 0 Å². The molecule has 2 amide bonds. The SMILES string of the molecule is CC(=O)c1nn(CC(=O)N2C[C@H](F)C[C@H]2C(=O)NCC(F)=C(C)c2cccc(Cl)c2)c2ccc(-c3cnc(C)nc3)cc12. The largest absolute Gasteiger partial charge is 0.348 e. The molecule has 222 valence electrons. The van der Waals surface area contributed by atoms with Crippen molar-refractivity contribution in [2.75, 3.05) is 13.1 Å². The number of carbonyl (C=O) groups is 3. The Hall–Kier alpha value is -4.51. The fourth-order valence-corrected chi connectivity index (χ4v) is 5.29. The molecule has 2 aromatic carbocycles. The summed E-state index contributed by atoms with van der Waals surface area (Å²) in [6.45, 7) is 3.69. The van der Waals surface area contributed by atoms with E-state index in [0.29, 0.717) is 32.9 Å². The van der Waals surface area contributed by atoms with Gasteiger partial charge < -0.3 is 10.2 Å². The maximum atomic E-state index is 14.9. The van der Waals surface area contributed by atoms with Crippen molar-refractivity contribution in [3.8, 4) is 11.1 Å². The quantitative estimate of drug-likeness (QED) is 0.279. The lowest BCUT2D eigenvalue weighted by atomic mass is 10.0. The molecule has 9 nitrogen and oxygen atoms in total. The van der Waals surface area contributed by atoms with E-state index in [0.717, 1.165) is 16.0 Å². The highest BCUT2D eigenvalue weighted by Crippen LogP contribution is 2.28. The summed E-state index contributed by atoms with van der Waals surface area (Å²) < 4.78 is 30.8. The van der Waals surface area contributed by atoms with E-state index in [-0.39, 0.29) is 31.0 Å². The minimum atomic E-state index is -1.42. The minimum Gasteiger partial charge on any atom is -0.348 e. The second kappa shape index (κ2) is 12.4. The number of nitrogens with one attached hydrogen (secondary N) is 1.